The van der Waals surface area contributed by atoms with E-state index in [0.717, 1.165) is 21.5 Å². The van der Waals surface area contributed by atoms with Crippen LogP contribution < -0.4 is 0 Å². The van der Waals surface area contributed by atoms with Crippen LogP contribution in [0.3, 0.4) is 0 Å². The van der Waals surface area contributed by atoms with Crippen LogP contribution >= 0.6 is 0 Å². The molecule has 1 unspecified atom stereocenters. The highest BCUT2D eigenvalue weighted by atomic mass is 16.6. The van der Waals surface area contributed by atoms with E-state index < -0.39 is 18.7 Å². The number of aldehydes is 1. The van der Waals surface area contributed by atoms with Gasteiger partial charge in [-0.15, -0.1) is 0 Å². The maximum atomic E-state index is 12.5. The minimum atomic E-state index is -1.15. The predicted molar refractivity (Wildman–Crippen MR) is 83.8 cm³/mol. The second-order valence-electron chi connectivity index (χ2n) is 4.96. The molecule has 0 aromatic heterocycles. The molecule has 0 bridgehead atoms. The zero-order chi connectivity index (χ0) is 15.5. The van der Waals surface area contributed by atoms with Crippen LogP contribution in [0.2, 0.25) is 0 Å². The first-order valence-corrected chi connectivity index (χ1v) is 6.92. The first-order valence-electron chi connectivity index (χ1n) is 6.92. The van der Waals surface area contributed by atoms with Crippen molar-refractivity contribution in [2.24, 2.45) is 0 Å². The third-order valence-corrected chi connectivity index (χ3v) is 3.57. The molecule has 1 N–H and O–H groups in total. The lowest BCUT2D eigenvalue weighted by molar-refractivity contribution is -0.117. The van der Waals surface area contributed by atoms with Crippen LogP contribution in [-0.2, 0) is 9.53 Å². The summed E-state index contributed by atoms with van der Waals surface area (Å²) in [7, 11) is 0. The lowest BCUT2D eigenvalue weighted by atomic mass is 9.97. The van der Waals surface area contributed by atoms with Gasteiger partial charge >= 0.3 is 5.97 Å². The largest absolute Gasteiger partial charge is 0.449 e. The summed E-state index contributed by atoms with van der Waals surface area (Å²) in [5.41, 5.74) is 0.411. The zero-order valence-electron chi connectivity index (χ0n) is 11.7. The van der Waals surface area contributed by atoms with Crippen LogP contribution in [-0.4, -0.2) is 30.1 Å². The summed E-state index contributed by atoms with van der Waals surface area (Å²) in [6.07, 6.45) is -0.726. The average Bonchev–Trinajstić information content (AvgIpc) is 2.57. The molecule has 0 fully saturated rings. The maximum absolute atomic E-state index is 12.5. The van der Waals surface area contributed by atoms with E-state index in [4.69, 9.17) is 9.84 Å². The van der Waals surface area contributed by atoms with Crippen molar-refractivity contribution < 1.29 is 19.4 Å². The lowest BCUT2D eigenvalue weighted by Crippen LogP contribution is -2.23. The molecule has 1 atom stereocenters. The van der Waals surface area contributed by atoms with Crippen molar-refractivity contribution in [3.63, 3.8) is 0 Å². The van der Waals surface area contributed by atoms with Crippen LogP contribution in [0.25, 0.3) is 21.5 Å². The van der Waals surface area contributed by atoms with E-state index in [2.05, 4.69) is 0 Å². The van der Waals surface area contributed by atoms with Crippen LogP contribution in [0, 0.1) is 0 Å². The van der Waals surface area contributed by atoms with Gasteiger partial charge in [-0.05, 0) is 27.6 Å². The Hall–Kier alpha value is -2.72. The van der Waals surface area contributed by atoms with Crippen molar-refractivity contribution in [3.8, 4) is 0 Å². The Kier molecular flexibility index (Phi) is 3.85. The van der Waals surface area contributed by atoms with E-state index in [-0.39, 0.29) is 0 Å². The summed E-state index contributed by atoms with van der Waals surface area (Å²) >= 11 is 0. The smallest absolute Gasteiger partial charge is 0.340 e. The normalized spacial score (nSPS) is 12.2. The van der Waals surface area contributed by atoms with Crippen LogP contribution in [0.15, 0.2) is 54.6 Å². The van der Waals surface area contributed by atoms with Crippen molar-refractivity contribution in [3.05, 3.63) is 60.2 Å². The van der Waals surface area contributed by atoms with Crippen molar-refractivity contribution in [2.45, 2.75) is 6.10 Å². The number of esters is 1. The fourth-order valence-electron chi connectivity index (χ4n) is 2.54. The molecule has 0 saturated heterocycles. The first kappa shape index (κ1) is 14.2. The molecule has 0 saturated carbocycles. The van der Waals surface area contributed by atoms with Gasteiger partial charge in [0.1, 0.15) is 0 Å². The quantitative estimate of drug-likeness (QED) is 0.456. The number of aliphatic hydroxyl groups is 1. The van der Waals surface area contributed by atoms with Crippen LogP contribution in [0.1, 0.15) is 10.4 Å². The van der Waals surface area contributed by atoms with Gasteiger partial charge in [-0.2, -0.15) is 0 Å². The molecule has 4 nitrogen and oxygen atoms in total. The number of hydrogen-bond acceptors (Lipinski definition) is 4. The highest BCUT2D eigenvalue weighted by molar-refractivity contribution is 6.16. The minimum absolute atomic E-state index is 0.411. The maximum Gasteiger partial charge on any atom is 0.340 e. The van der Waals surface area contributed by atoms with Crippen molar-refractivity contribution in [1.29, 1.82) is 0 Å². The summed E-state index contributed by atoms with van der Waals surface area (Å²) in [6.45, 7) is -0.530. The summed E-state index contributed by atoms with van der Waals surface area (Å²) in [5, 5.41) is 12.4. The molecule has 0 aliphatic rings. The molecule has 0 aliphatic heterocycles. The Morgan fingerprint density at radius 3 is 2.09 bits per heavy atom. The average molecular weight is 294 g/mol. The predicted octanol–water partition coefficient (Wildman–Crippen LogP) is 2.71. The van der Waals surface area contributed by atoms with Gasteiger partial charge in [0, 0.05) is 0 Å². The van der Waals surface area contributed by atoms with Gasteiger partial charge in [0.25, 0.3) is 0 Å². The first-order chi connectivity index (χ1) is 10.7. The highest BCUT2D eigenvalue weighted by Crippen LogP contribution is 2.29. The van der Waals surface area contributed by atoms with Gasteiger partial charge in [0.15, 0.2) is 12.4 Å². The third kappa shape index (κ3) is 2.44. The number of ether oxygens (including phenoxy) is 1. The van der Waals surface area contributed by atoms with Gasteiger partial charge in [0.2, 0.25) is 0 Å². The number of aliphatic hydroxyl groups excluding tert-OH is 1. The highest BCUT2D eigenvalue weighted by Gasteiger charge is 2.19. The Morgan fingerprint density at radius 2 is 1.59 bits per heavy atom. The molecule has 110 valence electrons. The zero-order valence-corrected chi connectivity index (χ0v) is 11.7. The fourth-order valence-corrected chi connectivity index (χ4v) is 2.54. The number of rotatable bonds is 4. The molecule has 4 heteroatoms. The summed E-state index contributed by atoms with van der Waals surface area (Å²) in [4.78, 5) is 23.3. The van der Waals surface area contributed by atoms with E-state index in [1.165, 1.54) is 0 Å². The lowest BCUT2D eigenvalue weighted by Gasteiger charge is -2.13. The molecule has 0 heterocycles. The summed E-state index contributed by atoms with van der Waals surface area (Å²) < 4.78 is 5.09. The van der Waals surface area contributed by atoms with Gasteiger partial charge < -0.3 is 9.84 Å². The SMILES string of the molecule is O=CC(CO)OC(=O)c1c2ccccc2cc2ccccc12. The van der Waals surface area contributed by atoms with E-state index in [9.17, 15) is 9.59 Å². The van der Waals surface area contributed by atoms with E-state index in [1.54, 1.807) is 0 Å². The van der Waals surface area contributed by atoms with Crippen LogP contribution in [0.4, 0.5) is 0 Å². The molecular formula is C18H14O4. The minimum Gasteiger partial charge on any atom is -0.449 e. The molecule has 0 spiro atoms. The second-order valence-corrected chi connectivity index (χ2v) is 4.96. The van der Waals surface area contributed by atoms with Gasteiger partial charge in [0.05, 0.1) is 12.2 Å². The Balaban J connectivity index is 2.24. The topological polar surface area (TPSA) is 63.6 Å². The molecule has 0 aliphatic carbocycles. The second kappa shape index (κ2) is 5.95. The number of fused-ring (bicyclic) bond motifs is 2. The molecule has 22 heavy (non-hydrogen) atoms. The Morgan fingerprint density at radius 1 is 1.05 bits per heavy atom. The molecule has 3 aromatic carbocycles. The molecule has 0 amide bonds. The van der Waals surface area contributed by atoms with Crippen molar-refractivity contribution >= 4 is 33.8 Å². The van der Waals surface area contributed by atoms with E-state index in [0.29, 0.717) is 11.8 Å². The number of carbonyl (C=O) groups is 2. The van der Waals surface area contributed by atoms with Crippen molar-refractivity contribution in [1.82, 2.24) is 0 Å². The summed E-state index contributed by atoms with van der Waals surface area (Å²) in [5.74, 6) is -0.612. The Labute approximate surface area is 126 Å². The molecule has 3 aromatic rings. The third-order valence-electron chi connectivity index (χ3n) is 3.57. The standard InChI is InChI=1S/C18H14O4/c19-10-14(11-20)22-18(21)17-15-7-3-1-5-12(15)9-13-6-2-4-8-16(13)17/h1-10,14,20H,11H2. The van der Waals surface area contributed by atoms with Gasteiger partial charge in [-0.3, -0.25) is 4.79 Å². The number of hydrogen-bond donors (Lipinski definition) is 1. The van der Waals surface area contributed by atoms with Crippen molar-refractivity contribution in [2.75, 3.05) is 6.61 Å². The monoisotopic (exact) mass is 294 g/mol. The number of benzene rings is 3. The van der Waals surface area contributed by atoms with E-state index >= 15 is 0 Å². The number of carbonyl (C=O) groups excluding carboxylic acids is 2. The Bertz CT molecular complexity index is 800. The molecule has 3 rings (SSSR count). The van der Waals surface area contributed by atoms with Gasteiger partial charge in [-0.1, -0.05) is 48.5 Å². The van der Waals surface area contributed by atoms with Gasteiger partial charge in [-0.25, -0.2) is 4.79 Å². The molecular weight excluding hydrogens is 280 g/mol. The molecule has 0 radical (unpaired) electrons. The van der Waals surface area contributed by atoms with Crippen LogP contribution in [0.5, 0.6) is 0 Å². The van der Waals surface area contributed by atoms with E-state index in [1.807, 2.05) is 54.6 Å². The fraction of sp³-hybridized carbons (Fsp3) is 0.111. The summed E-state index contributed by atoms with van der Waals surface area (Å²) in [6, 6.07) is 17.0.